The standard InChI is InChI=1S/C7H11NO3/c9-7(10)4-5-1-2-6(3-5)8-11/h5,11H,1-4H2,(H,9,10)/b8-6-/t5-/m0/s1. The molecule has 11 heavy (non-hydrogen) atoms. The number of hydrogen-bond donors (Lipinski definition) is 2. The van der Waals surface area contributed by atoms with Gasteiger partial charge >= 0.3 is 5.97 Å². The highest BCUT2D eigenvalue weighted by atomic mass is 16.4. The average molecular weight is 157 g/mol. The Morgan fingerprint density at radius 3 is 2.91 bits per heavy atom. The van der Waals surface area contributed by atoms with Crippen LogP contribution in [-0.2, 0) is 4.79 Å². The zero-order valence-corrected chi connectivity index (χ0v) is 6.16. The average Bonchev–Trinajstić information content (AvgIpc) is 2.34. The number of carbonyl (C=O) groups is 1. The molecule has 2 N–H and O–H groups in total. The molecule has 1 aliphatic rings. The lowest BCUT2D eigenvalue weighted by atomic mass is 10.0. The van der Waals surface area contributed by atoms with Gasteiger partial charge in [0.25, 0.3) is 0 Å². The maximum Gasteiger partial charge on any atom is 0.303 e. The highest BCUT2D eigenvalue weighted by Gasteiger charge is 2.22. The first-order valence-electron chi connectivity index (χ1n) is 3.64. The molecule has 62 valence electrons. The molecule has 1 aliphatic carbocycles. The first-order valence-corrected chi connectivity index (χ1v) is 3.64. The van der Waals surface area contributed by atoms with E-state index in [1.54, 1.807) is 0 Å². The minimum absolute atomic E-state index is 0.179. The van der Waals surface area contributed by atoms with Gasteiger partial charge in [-0.15, -0.1) is 0 Å². The van der Waals surface area contributed by atoms with Gasteiger partial charge in [0.05, 0.1) is 5.71 Å². The lowest BCUT2D eigenvalue weighted by Crippen LogP contribution is -2.04. The molecule has 0 aliphatic heterocycles. The van der Waals surface area contributed by atoms with E-state index in [2.05, 4.69) is 5.16 Å². The Balaban J connectivity index is 2.36. The molecule has 1 rings (SSSR count). The summed E-state index contributed by atoms with van der Waals surface area (Å²) in [6.45, 7) is 0. The smallest absolute Gasteiger partial charge is 0.303 e. The fourth-order valence-electron chi connectivity index (χ4n) is 1.42. The Bertz CT molecular complexity index is 188. The third-order valence-corrected chi connectivity index (χ3v) is 1.97. The quantitative estimate of drug-likeness (QED) is 0.465. The highest BCUT2D eigenvalue weighted by Crippen LogP contribution is 2.25. The van der Waals surface area contributed by atoms with Crippen LogP contribution in [0.3, 0.4) is 0 Å². The summed E-state index contributed by atoms with van der Waals surface area (Å²) in [5.41, 5.74) is 0.733. The van der Waals surface area contributed by atoms with E-state index in [1.165, 1.54) is 0 Å². The maximum atomic E-state index is 10.2. The summed E-state index contributed by atoms with van der Waals surface area (Å²) in [5.74, 6) is -0.590. The Morgan fingerprint density at radius 1 is 1.73 bits per heavy atom. The van der Waals surface area contributed by atoms with E-state index in [0.29, 0.717) is 6.42 Å². The largest absolute Gasteiger partial charge is 0.481 e. The molecule has 0 aromatic rings. The molecule has 0 bridgehead atoms. The summed E-state index contributed by atoms with van der Waals surface area (Å²) in [5, 5.41) is 19.9. The first kappa shape index (κ1) is 8.04. The minimum Gasteiger partial charge on any atom is -0.481 e. The van der Waals surface area contributed by atoms with Gasteiger partial charge in [-0.05, 0) is 25.2 Å². The molecular weight excluding hydrogens is 146 g/mol. The van der Waals surface area contributed by atoms with Gasteiger partial charge in [0.15, 0.2) is 0 Å². The van der Waals surface area contributed by atoms with E-state index in [-0.39, 0.29) is 12.3 Å². The molecule has 0 aromatic heterocycles. The zero-order chi connectivity index (χ0) is 8.27. The molecule has 1 saturated carbocycles. The van der Waals surface area contributed by atoms with Gasteiger partial charge in [0.2, 0.25) is 0 Å². The van der Waals surface area contributed by atoms with Crippen LogP contribution in [-0.4, -0.2) is 22.0 Å². The SMILES string of the molecule is O=C(O)C[C@H]1CC/C(=N/O)C1. The van der Waals surface area contributed by atoms with Crippen molar-refractivity contribution in [3.05, 3.63) is 0 Å². The van der Waals surface area contributed by atoms with E-state index in [4.69, 9.17) is 10.3 Å². The topological polar surface area (TPSA) is 69.9 Å². The molecule has 0 radical (unpaired) electrons. The number of rotatable bonds is 2. The summed E-state index contributed by atoms with van der Waals surface area (Å²) >= 11 is 0. The molecule has 4 nitrogen and oxygen atoms in total. The van der Waals surface area contributed by atoms with Crippen LogP contribution in [0, 0.1) is 5.92 Å². The van der Waals surface area contributed by atoms with Crippen LogP contribution in [0.5, 0.6) is 0 Å². The molecule has 0 spiro atoms. The van der Waals surface area contributed by atoms with Crippen LogP contribution >= 0.6 is 0 Å². The summed E-state index contributed by atoms with van der Waals surface area (Å²) in [7, 11) is 0. The molecular formula is C7H11NO3. The number of hydrogen-bond acceptors (Lipinski definition) is 3. The molecule has 0 heterocycles. The summed E-state index contributed by atoms with van der Waals surface area (Å²) in [6, 6.07) is 0. The van der Waals surface area contributed by atoms with Gasteiger partial charge in [0.1, 0.15) is 0 Å². The Labute approximate surface area is 64.5 Å². The van der Waals surface area contributed by atoms with Crippen molar-refractivity contribution < 1.29 is 15.1 Å². The third kappa shape index (κ3) is 2.22. The maximum absolute atomic E-state index is 10.2. The Hall–Kier alpha value is -1.06. The number of carboxylic acids is 1. The second-order valence-corrected chi connectivity index (χ2v) is 2.87. The fraction of sp³-hybridized carbons (Fsp3) is 0.714. The van der Waals surface area contributed by atoms with E-state index >= 15 is 0 Å². The Morgan fingerprint density at radius 2 is 2.45 bits per heavy atom. The van der Waals surface area contributed by atoms with Gasteiger partial charge in [-0.25, -0.2) is 0 Å². The van der Waals surface area contributed by atoms with Gasteiger partial charge in [-0.1, -0.05) is 5.16 Å². The minimum atomic E-state index is -0.769. The number of nitrogens with zero attached hydrogens (tertiary/aromatic N) is 1. The van der Waals surface area contributed by atoms with Crippen molar-refractivity contribution in [2.24, 2.45) is 11.1 Å². The van der Waals surface area contributed by atoms with Crippen molar-refractivity contribution in [2.45, 2.75) is 25.7 Å². The van der Waals surface area contributed by atoms with Crippen molar-refractivity contribution >= 4 is 11.7 Å². The molecule has 0 unspecified atom stereocenters. The van der Waals surface area contributed by atoms with Crippen LogP contribution in [0.15, 0.2) is 5.16 Å². The van der Waals surface area contributed by atoms with Crippen LogP contribution in [0.4, 0.5) is 0 Å². The molecule has 0 saturated heterocycles. The van der Waals surface area contributed by atoms with Crippen molar-refractivity contribution in [1.82, 2.24) is 0 Å². The van der Waals surface area contributed by atoms with Crippen LogP contribution in [0.25, 0.3) is 0 Å². The van der Waals surface area contributed by atoms with E-state index < -0.39 is 5.97 Å². The molecule has 1 atom stereocenters. The molecule has 4 heteroatoms. The monoisotopic (exact) mass is 157 g/mol. The van der Waals surface area contributed by atoms with E-state index in [0.717, 1.165) is 18.6 Å². The van der Waals surface area contributed by atoms with Crippen molar-refractivity contribution in [2.75, 3.05) is 0 Å². The van der Waals surface area contributed by atoms with Gasteiger partial charge in [0, 0.05) is 6.42 Å². The normalized spacial score (nSPS) is 27.6. The predicted molar refractivity (Wildman–Crippen MR) is 38.8 cm³/mol. The van der Waals surface area contributed by atoms with Crippen LogP contribution in [0.1, 0.15) is 25.7 Å². The van der Waals surface area contributed by atoms with Gasteiger partial charge < -0.3 is 10.3 Å². The van der Waals surface area contributed by atoms with Crippen LogP contribution in [0.2, 0.25) is 0 Å². The second kappa shape index (κ2) is 3.37. The molecule has 0 amide bonds. The van der Waals surface area contributed by atoms with Crippen molar-refractivity contribution in [3.63, 3.8) is 0 Å². The first-order chi connectivity index (χ1) is 5.22. The zero-order valence-electron chi connectivity index (χ0n) is 6.16. The number of aliphatic carboxylic acids is 1. The summed E-state index contributed by atoms with van der Waals surface area (Å²) in [4.78, 5) is 10.2. The third-order valence-electron chi connectivity index (χ3n) is 1.97. The van der Waals surface area contributed by atoms with Crippen LogP contribution < -0.4 is 0 Å². The molecule has 0 aromatic carbocycles. The van der Waals surface area contributed by atoms with E-state index in [1.807, 2.05) is 0 Å². The van der Waals surface area contributed by atoms with Gasteiger partial charge in [-0.2, -0.15) is 0 Å². The number of oxime groups is 1. The summed E-state index contributed by atoms with van der Waals surface area (Å²) < 4.78 is 0. The Kier molecular flexibility index (Phi) is 2.46. The lowest BCUT2D eigenvalue weighted by Gasteiger charge is -2.01. The van der Waals surface area contributed by atoms with E-state index in [9.17, 15) is 4.79 Å². The predicted octanol–water partition coefficient (Wildman–Crippen LogP) is 1.09. The second-order valence-electron chi connectivity index (χ2n) is 2.87. The van der Waals surface area contributed by atoms with Crippen molar-refractivity contribution in [3.8, 4) is 0 Å². The van der Waals surface area contributed by atoms with Crippen molar-refractivity contribution in [1.29, 1.82) is 0 Å². The fourth-order valence-corrected chi connectivity index (χ4v) is 1.42. The summed E-state index contributed by atoms with van der Waals surface area (Å²) in [6.07, 6.45) is 2.42. The lowest BCUT2D eigenvalue weighted by molar-refractivity contribution is -0.138. The highest BCUT2D eigenvalue weighted by molar-refractivity contribution is 5.86. The van der Waals surface area contributed by atoms with Gasteiger partial charge in [-0.3, -0.25) is 4.79 Å². The molecule has 1 fully saturated rings. The number of carboxylic acid groups (broad SMARTS) is 1.